The summed E-state index contributed by atoms with van der Waals surface area (Å²) in [5.41, 5.74) is 4.57. The SMILES string of the molecule is NCC(=O)O.[KH].[NaH]. The van der Waals surface area contributed by atoms with Crippen LogP contribution in [0.5, 0.6) is 0 Å². The topological polar surface area (TPSA) is 63.3 Å². The standard InChI is InChI=1S/C2H5NO2.K.Na.2H/c3-1-2(4)5;;;;/h1,3H2,(H,4,5);;;;. The van der Waals surface area contributed by atoms with Gasteiger partial charge in [-0.3, -0.25) is 4.79 Å². The zero-order chi connectivity index (χ0) is 4.28. The number of nitrogens with two attached hydrogens (primary N) is 1. The van der Waals surface area contributed by atoms with E-state index in [4.69, 9.17) is 5.11 Å². The Morgan fingerprint density at radius 2 is 1.86 bits per heavy atom. The van der Waals surface area contributed by atoms with Crippen LogP contribution in [-0.4, -0.2) is 98.6 Å². The number of hydrogen-bond acceptors (Lipinski definition) is 2. The first-order valence-electron chi connectivity index (χ1n) is 1.19. The summed E-state index contributed by atoms with van der Waals surface area (Å²) in [6, 6.07) is 0. The molecule has 3 N–H and O–H groups in total. The van der Waals surface area contributed by atoms with Crippen LogP contribution >= 0.6 is 0 Å². The van der Waals surface area contributed by atoms with Crippen LogP contribution in [0.2, 0.25) is 0 Å². The summed E-state index contributed by atoms with van der Waals surface area (Å²) < 4.78 is 0. The Labute approximate surface area is 107 Å². The van der Waals surface area contributed by atoms with Crippen LogP contribution in [0.4, 0.5) is 0 Å². The Bertz CT molecular complexity index is 51.0. The summed E-state index contributed by atoms with van der Waals surface area (Å²) >= 11 is 0. The summed E-state index contributed by atoms with van der Waals surface area (Å²) in [5.74, 6) is -0.968. The van der Waals surface area contributed by atoms with E-state index in [0.717, 1.165) is 0 Å². The summed E-state index contributed by atoms with van der Waals surface area (Å²) in [4.78, 5) is 9.24. The molecule has 0 atom stereocenters. The molecule has 0 radical (unpaired) electrons. The predicted molar refractivity (Wildman–Crippen MR) is 31.0 cm³/mol. The zero-order valence-corrected chi connectivity index (χ0v) is 2.64. The van der Waals surface area contributed by atoms with E-state index < -0.39 is 5.97 Å². The van der Waals surface area contributed by atoms with Crippen molar-refractivity contribution < 1.29 is 9.90 Å². The summed E-state index contributed by atoms with van der Waals surface area (Å²) in [7, 11) is 0. The van der Waals surface area contributed by atoms with Crippen molar-refractivity contribution in [1.82, 2.24) is 0 Å². The maximum absolute atomic E-state index is 9.24. The molecule has 34 valence electrons. The first-order valence-corrected chi connectivity index (χ1v) is 1.19. The molecule has 0 aromatic heterocycles. The van der Waals surface area contributed by atoms with Crippen LogP contribution in [0.25, 0.3) is 0 Å². The van der Waals surface area contributed by atoms with E-state index in [2.05, 4.69) is 5.73 Å². The number of carbonyl (C=O) groups is 1. The van der Waals surface area contributed by atoms with Crippen LogP contribution < -0.4 is 5.73 Å². The van der Waals surface area contributed by atoms with Crippen LogP contribution in [0.15, 0.2) is 0 Å². The predicted octanol–water partition coefficient (Wildman–Crippen LogP) is -2.27. The van der Waals surface area contributed by atoms with Crippen molar-refractivity contribution >= 4 is 86.9 Å². The molecule has 0 spiro atoms. The summed E-state index contributed by atoms with van der Waals surface area (Å²) in [5, 5.41) is 7.60. The molecule has 0 unspecified atom stereocenters. The maximum atomic E-state index is 9.24. The van der Waals surface area contributed by atoms with Gasteiger partial charge in [-0.2, -0.15) is 0 Å². The third kappa shape index (κ3) is 18.0. The molecule has 0 bridgehead atoms. The van der Waals surface area contributed by atoms with Gasteiger partial charge in [-0.1, -0.05) is 0 Å². The van der Waals surface area contributed by atoms with Crippen molar-refractivity contribution in [2.75, 3.05) is 6.54 Å². The van der Waals surface area contributed by atoms with Crippen LogP contribution in [-0.2, 0) is 4.79 Å². The molecular formula is C2H7KNNaO2. The number of aliphatic carboxylic acids is 1. The molecule has 0 rings (SSSR count). The quantitative estimate of drug-likeness (QED) is 0.403. The molecule has 0 aliphatic carbocycles. The van der Waals surface area contributed by atoms with E-state index in [1.165, 1.54) is 0 Å². The molecule has 5 heteroatoms. The minimum atomic E-state index is -0.968. The molecule has 0 saturated heterocycles. The molecule has 0 amide bonds. The molecule has 0 saturated carbocycles. The van der Waals surface area contributed by atoms with Gasteiger partial charge in [0.15, 0.2) is 0 Å². The van der Waals surface area contributed by atoms with Crippen molar-refractivity contribution in [3.8, 4) is 0 Å². The van der Waals surface area contributed by atoms with Gasteiger partial charge in [0.05, 0.1) is 6.54 Å². The van der Waals surface area contributed by atoms with Crippen molar-refractivity contribution in [3.63, 3.8) is 0 Å². The average Bonchev–Trinajstić information content (AvgIpc) is 1.38. The molecule has 0 aliphatic heterocycles. The van der Waals surface area contributed by atoms with Gasteiger partial charge >= 0.3 is 86.9 Å². The Morgan fingerprint density at radius 1 is 1.71 bits per heavy atom. The van der Waals surface area contributed by atoms with Crippen molar-refractivity contribution in [1.29, 1.82) is 0 Å². The number of carboxylic acid groups (broad SMARTS) is 1. The van der Waals surface area contributed by atoms with Crippen LogP contribution in [0.3, 0.4) is 0 Å². The third-order valence-electron chi connectivity index (χ3n) is 0.175. The molecule has 0 fully saturated rings. The molecule has 0 aromatic carbocycles. The fourth-order valence-electron chi connectivity index (χ4n) is 0. The monoisotopic (exact) mass is 139 g/mol. The Morgan fingerprint density at radius 3 is 1.86 bits per heavy atom. The van der Waals surface area contributed by atoms with Crippen molar-refractivity contribution in [3.05, 3.63) is 0 Å². The van der Waals surface area contributed by atoms with Gasteiger partial charge in [0.25, 0.3) is 0 Å². The van der Waals surface area contributed by atoms with Crippen molar-refractivity contribution in [2.45, 2.75) is 0 Å². The minimum absolute atomic E-state index is 0. The van der Waals surface area contributed by atoms with E-state index in [1.54, 1.807) is 0 Å². The van der Waals surface area contributed by atoms with Gasteiger partial charge in [0.1, 0.15) is 0 Å². The summed E-state index contributed by atoms with van der Waals surface area (Å²) in [6.07, 6.45) is 0. The first kappa shape index (κ1) is 16.0. The van der Waals surface area contributed by atoms with Gasteiger partial charge in [-0.25, -0.2) is 0 Å². The zero-order valence-electron chi connectivity index (χ0n) is 2.64. The number of hydrogen-bond donors (Lipinski definition) is 2. The molecular weight excluding hydrogens is 132 g/mol. The van der Waals surface area contributed by atoms with E-state index in [9.17, 15) is 4.79 Å². The second-order valence-corrected chi connectivity index (χ2v) is 0.598. The Kier molecular flexibility index (Phi) is 25.1. The molecule has 3 nitrogen and oxygen atoms in total. The Hall–Kier alpha value is 2.07. The molecule has 0 heterocycles. The fourth-order valence-corrected chi connectivity index (χ4v) is 0. The van der Waals surface area contributed by atoms with Gasteiger partial charge in [0, 0.05) is 0 Å². The van der Waals surface area contributed by atoms with Crippen molar-refractivity contribution in [2.24, 2.45) is 5.73 Å². The van der Waals surface area contributed by atoms with Gasteiger partial charge in [-0.05, 0) is 0 Å². The van der Waals surface area contributed by atoms with Gasteiger partial charge in [0.2, 0.25) is 0 Å². The fraction of sp³-hybridized carbons (Fsp3) is 0.500. The second kappa shape index (κ2) is 10.9. The van der Waals surface area contributed by atoms with E-state index >= 15 is 0 Å². The van der Waals surface area contributed by atoms with Crippen LogP contribution in [0, 0.1) is 0 Å². The third-order valence-corrected chi connectivity index (χ3v) is 0.175. The first-order chi connectivity index (χ1) is 2.27. The summed E-state index contributed by atoms with van der Waals surface area (Å²) in [6.45, 7) is -0.278. The second-order valence-electron chi connectivity index (χ2n) is 0.598. The average molecular weight is 139 g/mol. The molecule has 7 heavy (non-hydrogen) atoms. The van der Waals surface area contributed by atoms with E-state index in [-0.39, 0.29) is 87.5 Å². The number of carboxylic acids is 1. The Balaban J connectivity index is -0.0000000800. The molecule has 0 aliphatic rings. The van der Waals surface area contributed by atoms with E-state index in [1.807, 2.05) is 0 Å². The van der Waals surface area contributed by atoms with Gasteiger partial charge < -0.3 is 10.8 Å². The van der Waals surface area contributed by atoms with E-state index in [0.29, 0.717) is 0 Å². The molecule has 0 aromatic rings. The van der Waals surface area contributed by atoms with Gasteiger partial charge in [-0.15, -0.1) is 0 Å². The van der Waals surface area contributed by atoms with Crippen LogP contribution in [0.1, 0.15) is 0 Å². The number of rotatable bonds is 1. The normalized spacial score (nSPS) is 5.29.